The van der Waals surface area contributed by atoms with Crippen molar-refractivity contribution in [1.82, 2.24) is 0 Å². The lowest BCUT2D eigenvalue weighted by atomic mass is 10.1. The molecular weight excluding hydrogens is 234 g/mol. The number of nitriles is 1. The monoisotopic (exact) mass is 257 g/mol. The van der Waals surface area contributed by atoms with Crippen molar-refractivity contribution in [2.75, 3.05) is 26.4 Å². The summed E-state index contributed by atoms with van der Waals surface area (Å²) in [6.07, 6.45) is 4.40. The van der Waals surface area contributed by atoms with E-state index in [4.69, 9.17) is 24.6 Å². The van der Waals surface area contributed by atoms with E-state index in [1.54, 1.807) is 0 Å². The van der Waals surface area contributed by atoms with Crippen molar-refractivity contribution in [2.24, 2.45) is 0 Å². The fourth-order valence-electron chi connectivity index (χ4n) is 1.88. The Labute approximate surface area is 109 Å². The first-order chi connectivity index (χ1) is 8.86. The zero-order chi connectivity index (χ0) is 13.1. The zero-order valence-electron chi connectivity index (χ0n) is 10.8. The first-order valence-electron chi connectivity index (χ1n) is 6.69. The molecule has 5 heteroatoms. The van der Waals surface area contributed by atoms with Crippen LogP contribution in [0.15, 0.2) is 0 Å². The summed E-state index contributed by atoms with van der Waals surface area (Å²) in [5.74, 6) is 0. The van der Waals surface area contributed by atoms with Crippen LogP contribution in [-0.2, 0) is 14.2 Å². The fraction of sp³-hybridized carbons (Fsp3) is 0.923. The summed E-state index contributed by atoms with van der Waals surface area (Å²) in [5, 5.41) is 17.3. The summed E-state index contributed by atoms with van der Waals surface area (Å²) in [5.41, 5.74) is 0. The van der Waals surface area contributed by atoms with Crippen LogP contribution in [0.4, 0.5) is 0 Å². The molecule has 1 aliphatic rings. The minimum Gasteiger partial charge on any atom is -0.396 e. The molecule has 1 N–H and O–H groups in total. The lowest BCUT2D eigenvalue weighted by Gasteiger charge is -2.25. The second-order valence-electron chi connectivity index (χ2n) is 4.37. The first kappa shape index (κ1) is 15.4. The predicted octanol–water partition coefficient (Wildman–Crippen LogP) is 1.60. The van der Waals surface area contributed by atoms with Crippen molar-refractivity contribution in [3.05, 3.63) is 0 Å². The van der Waals surface area contributed by atoms with Gasteiger partial charge in [0.05, 0.1) is 25.4 Å². The summed E-state index contributed by atoms with van der Waals surface area (Å²) in [6, 6.07) is 2.13. The molecule has 18 heavy (non-hydrogen) atoms. The lowest BCUT2D eigenvalue weighted by Crippen LogP contribution is -2.26. The van der Waals surface area contributed by atoms with Crippen molar-refractivity contribution in [1.29, 1.82) is 5.26 Å². The third kappa shape index (κ3) is 6.92. The fourth-order valence-corrected chi connectivity index (χ4v) is 1.88. The summed E-state index contributed by atoms with van der Waals surface area (Å²) < 4.78 is 16.6. The molecule has 1 heterocycles. The Bertz CT molecular complexity index is 236. The molecule has 1 fully saturated rings. The molecule has 104 valence electrons. The number of ether oxygens (including phenoxy) is 3. The number of aliphatic hydroxyl groups is 1. The van der Waals surface area contributed by atoms with Gasteiger partial charge in [0.15, 0.2) is 6.29 Å². The Morgan fingerprint density at radius 1 is 1.33 bits per heavy atom. The van der Waals surface area contributed by atoms with Gasteiger partial charge in [-0.25, -0.2) is 0 Å². The third-order valence-electron chi connectivity index (χ3n) is 2.85. The molecule has 0 amide bonds. The maximum absolute atomic E-state index is 8.72. The van der Waals surface area contributed by atoms with Gasteiger partial charge in [-0.05, 0) is 25.7 Å². The predicted molar refractivity (Wildman–Crippen MR) is 65.8 cm³/mol. The first-order valence-corrected chi connectivity index (χ1v) is 6.69. The van der Waals surface area contributed by atoms with Crippen LogP contribution >= 0.6 is 0 Å². The molecule has 0 radical (unpaired) electrons. The van der Waals surface area contributed by atoms with E-state index in [-0.39, 0.29) is 19.0 Å². The van der Waals surface area contributed by atoms with Gasteiger partial charge in [-0.2, -0.15) is 5.26 Å². The minimum atomic E-state index is -0.121. The van der Waals surface area contributed by atoms with E-state index in [0.717, 1.165) is 38.9 Å². The molecule has 5 nitrogen and oxygen atoms in total. The molecular formula is C13H23NO4. The minimum absolute atomic E-state index is 0.0605. The molecule has 1 rings (SSSR count). The third-order valence-corrected chi connectivity index (χ3v) is 2.85. The quantitative estimate of drug-likeness (QED) is 0.635. The SMILES string of the molecule is N#CCCC(CCC1OCCCO1)OCCCO. The molecule has 1 atom stereocenters. The van der Waals surface area contributed by atoms with Crippen LogP contribution in [0.2, 0.25) is 0 Å². The largest absolute Gasteiger partial charge is 0.396 e. The van der Waals surface area contributed by atoms with Gasteiger partial charge >= 0.3 is 0 Å². The Morgan fingerprint density at radius 2 is 2.11 bits per heavy atom. The summed E-state index contributed by atoms with van der Waals surface area (Å²) in [4.78, 5) is 0. The number of aliphatic hydroxyl groups excluding tert-OH is 1. The summed E-state index contributed by atoms with van der Waals surface area (Å²) in [6.45, 7) is 2.20. The van der Waals surface area contributed by atoms with Gasteiger partial charge in [0.1, 0.15) is 0 Å². The number of hydrogen-bond donors (Lipinski definition) is 1. The van der Waals surface area contributed by atoms with E-state index >= 15 is 0 Å². The van der Waals surface area contributed by atoms with Crippen LogP contribution in [0, 0.1) is 11.3 Å². The molecule has 1 saturated heterocycles. The van der Waals surface area contributed by atoms with Crippen molar-refractivity contribution in [2.45, 2.75) is 50.9 Å². The topological polar surface area (TPSA) is 71.7 Å². The van der Waals surface area contributed by atoms with Crippen molar-refractivity contribution in [3.63, 3.8) is 0 Å². The van der Waals surface area contributed by atoms with E-state index in [9.17, 15) is 0 Å². The van der Waals surface area contributed by atoms with Gasteiger partial charge < -0.3 is 19.3 Å². The van der Waals surface area contributed by atoms with E-state index in [1.807, 2.05) is 0 Å². The molecule has 0 bridgehead atoms. The summed E-state index contributed by atoms with van der Waals surface area (Å²) in [7, 11) is 0. The van der Waals surface area contributed by atoms with Gasteiger partial charge in [0.25, 0.3) is 0 Å². The molecule has 0 aliphatic carbocycles. The highest BCUT2D eigenvalue weighted by Crippen LogP contribution is 2.16. The molecule has 0 spiro atoms. The van der Waals surface area contributed by atoms with E-state index in [1.165, 1.54) is 0 Å². The van der Waals surface area contributed by atoms with Crippen LogP contribution in [0.5, 0.6) is 0 Å². The van der Waals surface area contributed by atoms with Gasteiger partial charge in [-0.1, -0.05) is 0 Å². The normalized spacial score (nSPS) is 18.4. The average molecular weight is 257 g/mol. The Hall–Kier alpha value is -0.670. The molecule has 1 aliphatic heterocycles. The maximum Gasteiger partial charge on any atom is 0.157 e. The Kier molecular flexibility index (Phi) is 8.78. The number of hydrogen-bond acceptors (Lipinski definition) is 5. The molecule has 0 aromatic rings. The molecule has 1 unspecified atom stereocenters. The standard InChI is InChI=1S/C13H23NO4/c14-7-1-4-12(16-9-2-8-15)5-6-13-17-10-3-11-18-13/h12-13,15H,1-6,8-11H2. The smallest absolute Gasteiger partial charge is 0.157 e. The van der Waals surface area contributed by atoms with Crippen LogP contribution in [0.3, 0.4) is 0 Å². The Balaban J connectivity index is 2.18. The average Bonchev–Trinajstić information content (AvgIpc) is 2.42. The second-order valence-corrected chi connectivity index (χ2v) is 4.37. The second kappa shape index (κ2) is 10.3. The molecule has 0 aromatic carbocycles. The van der Waals surface area contributed by atoms with E-state index in [2.05, 4.69) is 6.07 Å². The zero-order valence-corrected chi connectivity index (χ0v) is 10.8. The van der Waals surface area contributed by atoms with Crippen molar-refractivity contribution < 1.29 is 19.3 Å². The van der Waals surface area contributed by atoms with Crippen LogP contribution in [-0.4, -0.2) is 43.9 Å². The highest BCUT2D eigenvalue weighted by Gasteiger charge is 2.17. The van der Waals surface area contributed by atoms with E-state index in [0.29, 0.717) is 19.4 Å². The van der Waals surface area contributed by atoms with Gasteiger partial charge in [0.2, 0.25) is 0 Å². The number of rotatable bonds is 9. The van der Waals surface area contributed by atoms with E-state index < -0.39 is 0 Å². The highest BCUT2D eigenvalue weighted by molar-refractivity contribution is 4.73. The Morgan fingerprint density at radius 3 is 2.78 bits per heavy atom. The van der Waals surface area contributed by atoms with Gasteiger partial charge in [-0.3, -0.25) is 0 Å². The van der Waals surface area contributed by atoms with Gasteiger partial charge in [-0.15, -0.1) is 0 Å². The van der Waals surface area contributed by atoms with Crippen LogP contribution in [0.25, 0.3) is 0 Å². The maximum atomic E-state index is 8.72. The van der Waals surface area contributed by atoms with Crippen molar-refractivity contribution >= 4 is 0 Å². The van der Waals surface area contributed by atoms with Crippen LogP contribution < -0.4 is 0 Å². The van der Waals surface area contributed by atoms with Crippen LogP contribution in [0.1, 0.15) is 38.5 Å². The lowest BCUT2D eigenvalue weighted by molar-refractivity contribution is -0.184. The number of nitrogens with zero attached hydrogens (tertiary/aromatic N) is 1. The molecule has 0 aromatic heterocycles. The van der Waals surface area contributed by atoms with Crippen molar-refractivity contribution in [3.8, 4) is 6.07 Å². The highest BCUT2D eigenvalue weighted by atomic mass is 16.7. The summed E-state index contributed by atoms with van der Waals surface area (Å²) >= 11 is 0. The van der Waals surface area contributed by atoms with Gasteiger partial charge in [0, 0.05) is 26.1 Å². The molecule has 0 saturated carbocycles.